The molecule has 1 aliphatic heterocycles. The second-order valence-corrected chi connectivity index (χ2v) is 8.09. The molecule has 1 atom stereocenters. The Bertz CT molecular complexity index is 952. The zero-order valence-electron chi connectivity index (χ0n) is 18.5. The highest BCUT2D eigenvalue weighted by atomic mass is 16.2. The first kappa shape index (κ1) is 22.5. The fourth-order valence-corrected chi connectivity index (χ4v) is 3.56. The minimum atomic E-state index is -0.380. The minimum absolute atomic E-state index is 0.0998. The predicted molar refractivity (Wildman–Crippen MR) is 118 cm³/mol. The molecule has 0 aliphatic carbocycles. The van der Waals surface area contributed by atoms with E-state index in [1.54, 1.807) is 15.6 Å². The van der Waals surface area contributed by atoms with Gasteiger partial charge in [-0.15, -0.1) is 0 Å². The zero-order valence-corrected chi connectivity index (χ0v) is 18.5. The van der Waals surface area contributed by atoms with E-state index in [-0.39, 0.29) is 42.4 Å². The molecule has 8 heteroatoms. The number of carbonyl (C=O) groups excluding carboxylic acids is 3. The standard InChI is InChI=1S/C23H31N5O3/c1-4-17(3)25-21(29)9-10-24-22(30)19-14-20-23(31)27(11-6-12-28(20)26-19)15-18-8-5-7-16(2)13-18/h5,7-8,13-14,17H,4,6,9-12,15H2,1-3H3,(H,24,30)(H,25,29)/t17-/m0/s1. The lowest BCUT2D eigenvalue weighted by Gasteiger charge is -2.20. The Morgan fingerprint density at radius 2 is 2.03 bits per heavy atom. The normalized spacial score (nSPS) is 14.5. The van der Waals surface area contributed by atoms with Gasteiger partial charge in [0.05, 0.1) is 0 Å². The van der Waals surface area contributed by atoms with Gasteiger partial charge in [0.1, 0.15) is 5.69 Å². The van der Waals surface area contributed by atoms with Crippen LogP contribution in [0.2, 0.25) is 0 Å². The van der Waals surface area contributed by atoms with Crippen molar-refractivity contribution < 1.29 is 14.4 Å². The lowest BCUT2D eigenvalue weighted by Crippen LogP contribution is -2.35. The third-order valence-electron chi connectivity index (χ3n) is 5.43. The third kappa shape index (κ3) is 5.93. The first-order valence-corrected chi connectivity index (χ1v) is 10.9. The molecule has 166 valence electrons. The van der Waals surface area contributed by atoms with E-state index >= 15 is 0 Å². The molecule has 8 nitrogen and oxygen atoms in total. The Balaban J connectivity index is 1.61. The van der Waals surface area contributed by atoms with Gasteiger partial charge in [0.25, 0.3) is 11.8 Å². The van der Waals surface area contributed by atoms with Crippen LogP contribution in [-0.4, -0.2) is 51.5 Å². The van der Waals surface area contributed by atoms with Crippen molar-refractivity contribution in [3.8, 4) is 0 Å². The molecule has 1 aromatic carbocycles. The molecule has 31 heavy (non-hydrogen) atoms. The summed E-state index contributed by atoms with van der Waals surface area (Å²) in [6.07, 6.45) is 1.82. The van der Waals surface area contributed by atoms with Crippen LogP contribution in [0, 0.1) is 6.92 Å². The molecule has 2 heterocycles. The quantitative estimate of drug-likeness (QED) is 0.678. The van der Waals surface area contributed by atoms with E-state index in [0.717, 1.165) is 24.0 Å². The number of carbonyl (C=O) groups is 3. The third-order valence-corrected chi connectivity index (χ3v) is 5.43. The molecule has 1 aromatic heterocycles. The van der Waals surface area contributed by atoms with Crippen molar-refractivity contribution in [3.05, 3.63) is 52.8 Å². The highest BCUT2D eigenvalue weighted by molar-refractivity contribution is 5.98. The first-order chi connectivity index (χ1) is 14.9. The molecule has 0 bridgehead atoms. The van der Waals surface area contributed by atoms with E-state index in [1.807, 2.05) is 39.0 Å². The maximum absolute atomic E-state index is 13.1. The fraction of sp³-hybridized carbons (Fsp3) is 0.478. The van der Waals surface area contributed by atoms with Crippen molar-refractivity contribution in [3.63, 3.8) is 0 Å². The Morgan fingerprint density at radius 1 is 1.23 bits per heavy atom. The molecule has 0 radical (unpaired) electrons. The lowest BCUT2D eigenvalue weighted by atomic mass is 10.1. The Kier molecular flexibility index (Phi) is 7.44. The van der Waals surface area contributed by atoms with Crippen molar-refractivity contribution in [1.82, 2.24) is 25.3 Å². The number of rotatable bonds is 8. The molecule has 2 N–H and O–H groups in total. The second kappa shape index (κ2) is 10.2. The largest absolute Gasteiger partial charge is 0.354 e. The Morgan fingerprint density at radius 3 is 2.77 bits per heavy atom. The summed E-state index contributed by atoms with van der Waals surface area (Å²) in [5, 5.41) is 9.91. The van der Waals surface area contributed by atoms with Crippen molar-refractivity contribution in [2.24, 2.45) is 0 Å². The van der Waals surface area contributed by atoms with Gasteiger partial charge in [0.2, 0.25) is 5.91 Å². The van der Waals surface area contributed by atoms with Gasteiger partial charge in [0, 0.05) is 44.7 Å². The monoisotopic (exact) mass is 425 g/mol. The average molecular weight is 426 g/mol. The summed E-state index contributed by atoms with van der Waals surface area (Å²) in [4.78, 5) is 39.2. The van der Waals surface area contributed by atoms with Gasteiger partial charge >= 0.3 is 0 Å². The van der Waals surface area contributed by atoms with Crippen LogP contribution in [0.1, 0.15) is 65.2 Å². The molecule has 3 rings (SSSR count). The van der Waals surface area contributed by atoms with Crippen molar-refractivity contribution in [1.29, 1.82) is 0 Å². The van der Waals surface area contributed by atoms with Gasteiger partial charge in [-0.05, 0) is 32.3 Å². The van der Waals surface area contributed by atoms with Gasteiger partial charge in [-0.2, -0.15) is 5.10 Å². The molecule has 3 amide bonds. The molecular formula is C23H31N5O3. The Hall–Kier alpha value is -3.16. The molecular weight excluding hydrogens is 394 g/mol. The number of benzene rings is 1. The van der Waals surface area contributed by atoms with E-state index in [4.69, 9.17) is 0 Å². The van der Waals surface area contributed by atoms with E-state index in [0.29, 0.717) is 25.3 Å². The number of hydrogen-bond acceptors (Lipinski definition) is 4. The van der Waals surface area contributed by atoms with Crippen LogP contribution in [0.3, 0.4) is 0 Å². The molecule has 0 saturated heterocycles. The lowest BCUT2D eigenvalue weighted by molar-refractivity contribution is -0.121. The molecule has 2 aromatic rings. The summed E-state index contributed by atoms with van der Waals surface area (Å²) in [5.74, 6) is -0.606. The number of aryl methyl sites for hydroxylation is 2. The maximum atomic E-state index is 13.1. The fourth-order valence-electron chi connectivity index (χ4n) is 3.56. The molecule has 0 spiro atoms. The number of amides is 3. The SMILES string of the molecule is CC[C@H](C)NC(=O)CCNC(=O)c1cc2n(n1)CCCN(Cc1cccc(C)c1)C2=O. The number of nitrogens with one attached hydrogen (secondary N) is 2. The van der Waals surface area contributed by atoms with Gasteiger partial charge in [-0.25, -0.2) is 0 Å². The van der Waals surface area contributed by atoms with Gasteiger partial charge in [0.15, 0.2) is 5.69 Å². The van der Waals surface area contributed by atoms with E-state index in [9.17, 15) is 14.4 Å². The molecule has 0 saturated carbocycles. The van der Waals surface area contributed by atoms with E-state index in [2.05, 4.69) is 21.8 Å². The van der Waals surface area contributed by atoms with Gasteiger partial charge < -0.3 is 15.5 Å². The summed E-state index contributed by atoms with van der Waals surface area (Å²) < 4.78 is 1.61. The summed E-state index contributed by atoms with van der Waals surface area (Å²) >= 11 is 0. The maximum Gasteiger partial charge on any atom is 0.272 e. The van der Waals surface area contributed by atoms with Crippen LogP contribution in [0.5, 0.6) is 0 Å². The van der Waals surface area contributed by atoms with Gasteiger partial charge in [-0.3, -0.25) is 19.1 Å². The van der Waals surface area contributed by atoms with Crippen molar-refractivity contribution >= 4 is 17.7 Å². The molecule has 0 fully saturated rings. The first-order valence-electron chi connectivity index (χ1n) is 10.9. The zero-order chi connectivity index (χ0) is 22.4. The highest BCUT2D eigenvalue weighted by Gasteiger charge is 2.26. The number of nitrogens with zero attached hydrogens (tertiary/aromatic N) is 3. The molecule has 1 aliphatic rings. The summed E-state index contributed by atoms with van der Waals surface area (Å²) in [5.41, 5.74) is 2.85. The summed E-state index contributed by atoms with van der Waals surface area (Å²) in [6, 6.07) is 9.77. The topological polar surface area (TPSA) is 96.3 Å². The van der Waals surface area contributed by atoms with Crippen LogP contribution in [-0.2, 0) is 17.9 Å². The smallest absolute Gasteiger partial charge is 0.272 e. The van der Waals surface area contributed by atoms with Gasteiger partial charge in [-0.1, -0.05) is 36.8 Å². The second-order valence-electron chi connectivity index (χ2n) is 8.09. The van der Waals surface area contributed by atoms with E-state index in [1.165, 1.54) is 0 Å². The number of fused-ring (bicyclic) bond motifs is 1. The van der Waals surface area contributed by atoms with Crippen molar-refractivity contribution in [2.45, 2.75) is 59.2 Å². The number of hydrogen-bond donors (Lipinski definition) is 2. The summed E-state index contributed by atoms with van der Waals surface area (Å²) in [7, 11) is 0. The predicted octanol–water partition coefficient (Wildman–Crippen LogP) is 2.27. The van der Waals surface area contributed by atoms with Crippen molar-refractivity contribution in [2.75, 3.05) is 13.1 Å². The van der Waals surface area contributed by atoms with Crippen LogP contribution in [0.15, 0.2) is 30.3 Å². The minimum Gasteiger partial charge on any atom is -0.354 e. The summed E-state index contributed by atoms with van der Waals surface area (Å²) in [6.45, 7) is 7.93. The van der Waals surface area contributed by atoms with Crippen LogP contribution in [0.25, 0.3) is 0 Å². The van der Waals surface area contributed by atoms with Crippen LogP contribution in [0.4, 0.5) is 0 Å². The highest BCUT2D eigenvalue weighted by Crippen LogP contribution is 2.17. The number of aromatic nitrogens is 2. The van der Waals surface area contributed by atoms with E-state index < -0.39 is 0 Å². The molecule has 0 unspecified atom stereocenters. The average Bonchev–Trinajstić information content (AvgIpc) is 3.11. The Labute approximate surface area is 183 Å². The van der Waals surface area contributed by atoms with Crippen LogP contribution >= 0.6 is 0 Å². The van der Waals surface area contributed by atoms with Crippen LogP contribution < -0.4 is 10.6 Å².